The molecule has 0 unspecified atom stereocenters. The molecule has 3 nitrogen and oxygen atoms in total. The van der Waals surface area contributed by atoms with Crippen molar-refractivity contribution in [1.29, 1.82) is 0 Å². The summed E-state index contributed by atoms with van der Waals surface area (Å²) in [7, 11) is 0. The number of nitrogens with one attached hydrogen (secondary N) is 1. The van der Waals surface area contributed by atoms with Gasteiger partial charge < -0.3 is 10.2 Å². The molecule has 0 spiro atoms. The molecular formula is C12H24N2O. The van der Waals surface area contributed by atoms with E-state index in [0.717, 1.165) is 19.4 Å². The molecule has 1 saturated carbocycles. The van der Waals surface area contributed by atoms with Crippen molar-refractivity contribution in [3.63, 3.8) is 0 Å². The van der Waals surface area contributed by atoms with E-state index in [1.165, 1.54) is 6.42 Å². The minimum Gasteiger partial charge on any atom is -0.335 e. The first-order valence-corrected chi connectivity index (χ1v) is 6.07. The molecule has 1 N–H and O–H groups in total. The third-order valence-corrected chi connectivity index (χ3v) is 2.88. The predicted octanol–water partition coefficient (Wildman–Crippen LogP) is 2.61. The van der Waals surface area contributed by atoms with Gasteiger partial charge in [-0.2, -0.15) is 0 Å². The molecule has 1 rings (SSSR count). The van der Waals surface area contributed by atoms with Crippen LogP contribution in [0.1, 0.15) is 47.0 Å². The fourth-order valence-corrected chi connectivity index (χ4v) is 1.73. The molecule has 3 heteroatoms. The van der Waals surface area contributed by atoms with Crippen molar-refractivity contribution in [3.05, 3.63) is 0 Å². The summed E-state index contributed by atoms with van der Waals surface area (Å²) in [6.45, 7) is 9.28. The molecule has 0 saturated heterocycles. The van der Waals surface area contributed by atoms with E-state index in [9.17, 15) is 4.79 Å². The standard InChI is InChI=1S/C12H24N2O/c1-9(2)8-14(10(3)4)12(15)13-11-6-5-7-11/h9-11H,5-8H2,1-4H3,(H,13,15). The summed E-state index contributed by atoms with van der Waals surface area (Å²) in [6.07, 6.45) is 3.56. The zero-order chi connectivity index (χ0) is 11.4. The number of amides is 2. The average molecular weight is 212 g/mol. The zero-order valence-corrected chi connectivity index (χ0v) is 10.4. The minimum atomic E-state index is 0.114. The lowest BCUT2D eigenvalue weighted by Gasteiger charge is -2.33. The molecular weight excluding hydrogens is 188 g/mol. The zero-order valence-electron chi connectivity index (χ0n) is 10.4. The molecule has 1 aliphatic carbocycles. The third-order valence-electron chi connectivity index (χ3n) is 2.88. The van der Waals surface area contributed by atoms with E-state index < -0.39 is 0 Å². The summed E-state index contributed by atoms with van der Waals surface area (Å²) in [4.78, 5) is 13.9. The fraction of sp³-hybridized carbons (Fsp3) is 0.917. The number of carbonyl (C=O) groups excluding carboxylic acids is 1. The Balaban J connectivity index is 2.42. The van der Waals surface area contributed by atoms with Crippen molar-refractivity contribution in [1.82, 2.24) is 10.2 Å². The lowest BCUT2D eigenvalue weighted by Crippen LogP contribution is -2.50. The van der Waals surface area contributed by atoms with Crippen LogP contribution < -0.4 is 5.32 Å². The summed E-state index contributed by atoms with van der Waals surface area (Å²) >= 11 is 0. The average Bonchev–Trinajstić information content (AvgIpc) is 2.06. The monoisotopic (exact) mass is 212 g/mol. The molecule has 0 bridgehead atoms. The van der Waals surface area contributed by atoms with Gasteiger partial charge >= 0.3 is 6.03 Å². The normalized spacial score (nSPS) is 16.7. The topological polar surface area (TPSA) is 32.3 Å². The molecule has 0 heterocycles. The smallest absolute Gasteiger partial charge is 0.317 e. The second kappa shape index (κ2) is 5.38. The van der Waals surface area contributed by atoms with Crippen LogP contribution in [0.3, 0.4) is 0 Å². The number of rotatable bonds is 4. The van der Waals surface area contributed by atoms with Crippen molar-refractivity contribution >= 4 is 6.03 Å². The molecule has 88 valence electrons. The highest BCUT2D eigenvalue weighted by molar-refractivity contribution is 5.74. The summed E-state index contributed by atoms with van der Waals surface area (Å²) in [5, 5.41) is 3.09. The molecule has 15 heavy (non-hydrogen) atoms. The Kier molecular flexibility index (Phi) is 4.43. The summed E-state index contributed by atoms with van der Waals surface area (Å²) in [6, 6.07) is 0.835. The molecule has 1 aliphatic rings. The lowest BCUT2D eigenvalue weighted by atomic mass is 9.93. The van der Waals surface area contributed by atoms with Crippen LogP contribution in [-0.4, -0.2) is 29.6 Å². The molecule has 2 amide bonds. The number of hydrogen-bond acceptors (Lipinski definition) is 1. The first-order valence-electron chi connectivity index (χ1n) is 6.07. The molecule has 0 radical (unpaired) electrons. The van der Waals surface area contributed by atoms with Gasteiger partial charge in [-0.1, -0.05) is 13.8 Å². The Hall–Kier alpha value is -0.730. The van der Waals surface area contributed by atoms with Crippen molar-refractivity contribution in [2.24, 2.45) is 5.92 Å². The van der Waals surface area contributed by atoms with Gasteiger partial charge in [0.1, 0.15) is 0 Å². The first-order chi connectivity index (χ1) is 7.00. The van der Waals surface area contributed by atoms with Gasteiger partial charge in [0.2, 0.25) is 0 Å². The van der Waals surface area contributed by atoms with Crippen molar-refractivity contribution in [2.45, 2.75) is 59.0 Å². The number of carbonyl (C=O) groups is 1. The van der Waals surface area contributed by atoms with Crippen LogP contribution in [0.25, 0.3) is 0 Å². The largest absolute Gasteiger partial charge is 0.335 e. The van der Waals surface area contributed by atoms with Crippen molar-refractivity contribution < 1.29 is 4.79 Å². The predicted molar refractivity (Wildman–Crippen MR) is 62.9 cm³/mol. The Morgan fingerprint density at radius 3 is 2.27 bits per heavy atom. The third kappa shape index (κ3) is 3.73. The van der Waals surface area contributed by atoms with Crippen LogP contribution in [0.5, 0.6) is 0 Å². The summed E-state index contributed by atoms with van der Waals surface area (Å²) in [5.41, 5.74) is 0. The maximum absolute atomic E-state index is 11.9. The number of nitrogens with zero attached hydrogens (tertiary/aromatic N) is 1. The Morgan fingerprint density at radius 1 is 1.33 bits per heavy atom. The highest BCUT2D eigenvalue weighted by Gasteiger charge is 2.24. The second-order valence-corrected chi connectivity index (χ2v) is 5.22. The van der Waals surface area contributed by atoms with Crippen LogP contribution >= 0.6 is 0 Å². The first kappa shape index (κ1) is 12.3. The molecule has 0 aliphatic heterocycles. The molecule has 0 atom stereocenters. The van der Waals surface area contributed by atoms with Crippen LogP contribution in [0, 0.1) is 5.92 Å². The van der Waals surface area contributed by atoms with E-state index in [4.69, 9.17) is 0 Å². The van der Waals surface area contributed by atoms with Crippen LogP contribution in [0.15, 0.2) is 0 Å². The van der Waals surface area contributed by atoms with Gasteiger partial charge in [-0.15, -0.1) is 0 Å². The Bertz CT molecular complexity index is 210. The van der Waals surface area contributed by atoms with Crippen LogP contribution in [-0.2, 0) is 0 Å². The van der Waals surface area contributed by atoms with E-state index in [1.807, 2.05) is 4.90 Å². The maximum Gasteiger partial charge on any atom is 0.317 e. The van der Waals surface area contributed by atoms with Gasteiger partial charge in [0, 0.05) is 18.6 Å². The van der Waals surface area contributed by atoms with E-state index in [2.05, 4.69) is 33.0 Å². The van der Waals surface area contributed by atoms with Gasteiger partial charge in [0.15, 0.2) is 0 Å². The number of urea groups is 1. The van der Waals surface area contributed by atoms with E-state index in [1.54, 1.807) is 0 Å². The quantitative estimate of drug-likeness (QED) is 0.763. The fourth-order valence-electron chi connectivity index (χ4n) is 1.73. The number of hydrogen-bond donors (Lipinski definition) is 1. The minimum absolute atomic E-state index is 0.114. The second-order valence-electron chi connectivity index (χ2n) is 5.22. The molecule has 0 aromatic heterocycles. The molecule has 1 fully saturated rings. The van der Waals surface area contributed by atoms with Crippen LogP contribution in [0.2, 0.25) is 0 Å². The maximum atomic E-state index is 11.9. The van der Waals surface area contributed by atoms with Crippen molar-refractivity contribution in [3.8, 4) is 0 Å². The SMILES string of the molecule is CC(C)CN(C(=O)NC1CCC1)C(C)C. The highest BCUT2D eigenvalue weighted by atomic mass is 16.2. The van der Waals surface area contributed by atoms with Gasteiger partial charge in [0.05, 0.1) is 0 Å². The van der Waals surface area contributed by atoms with E-state index in [-0.39, 0.29) is 12.1 Å². The van der Waals surface area contributed by atoms with Crippen LogP contribution in [0.4, 0.5) is 4.79 Å². The van der Waals surface area contributed by atoms with Gasteiger partial charge in [-0.25, -0.2) is 4.79 Å². The van der Waals surface area contributed by atoms with E-state index >= 15 is 0 Å². The van der Waals surface area contributed by atoms with Crippen molar-refractivity contribution in [2.75, 3.05) is 6.54 Å². The van der Waals surface area contributed by atoms with Gasteiger partial charge in [-0.05, 0) is 39.0 Å². The van der Waals surface area contributed by atoms with E-state index in [0.29, 0.717) is 12.0 Å². The summed E-state index contributed by atoms with van der Waals surface area (Å²) in [5.74, 6) is 0.527. The Morgan fingerprint density at radius 2 is 1.93 bits per heavy atom. The Labute approximate surface area is 93.2 Å². The molecule has 0 aromatic rings. The highest BCUT2D eigenvalue weighted by Crippen LogP contribution is 2.18. The van der Waals surface area contributed by atoms with Gasteiger partial charge in [0.25, 0.3) is 0 Å². The summed E-state index contributed by atoms with van der Waals surface area (Å²) < 4.78 is 0. The lowest BCUT2D eigenvalue weighted by molar-refractivity contribution is 0.165. The molecule has 0 aromatic carbocycles. The van der Waals surface area contributed by atoms with Gasteiger partial charge in [-0.3, -0.25) is 0 Å².